The Kier molecular flexibility index (Phi) is 3.52. The summed E-state index contributed by atoms with van der Waals surface area (Å²) >= 11 is 0. The van der Waals surface area contributed by atoms with Crippen molar-refractivity contribution >= 4 is 28.9 Å². The van der Waals surface area contributed by atoms with Gasteiger partial charge in [0.25, 0.3) is 0 Å². The number of aromatic hydroxyl groups is 2. The quantitative estimate of drug-likeness (QED) is 0.703. The fourth-order valence-corrected chi connectivity index (χ4v) is 1.48. The maximum Gasteiger partial charge on any atom is 0.159 e. The molecule has 1 aromatic carbocycles. The van der Waals surface area contributed by atoms with Crippen LogP contribution in [0.1, 0.15) is 18.4 Å². The van der Waals surface area contributed by atoms with Gasteiger partial charge in [0, 0.05) is 12.3 Å². The molecule has 0 bridgehead atoms. The van der Waals surface area contributed by atoms with Crippen LogP contribution in [0, 0.1) is 0 Å². The van der Waals surface area contributed by atoms with Gasteiger partial charge in [0.15, 0.2) is 11.5 Å². The number of aliphatic imine (C=N–C) groups is 1. The summed E-state index contributed by atoms with van der Waals surface area (Å²) in [7, 11) is 0. The Hall–Kier alpha value is -1.03. The highest BCUT2D eigenvalue weighted by Crippen LogP contribution is 2.34. The van der Waals surface area contributed by atoms with Crippen molar-refractivity contribution in [1.29, 1.82) is 0 Å². The van der Waals surface area contributed by atoms with Crippen LogP contribution in [0.4, 0.5) is 5.69 Å². The van der Waals surface area contributed by atoms with Crippen LogP contribution in [0.5, 0.6) is 11.5 Å². The molecule has 0 fully saturated rings. The van der Waals surface area contributed by atoms with Gasteiger partial charge in [-0.25, -0.2) is 0 Å². The predicted octanol–water partition coefficient (Wildman–Crippen LogP) is 2.71. The summed E-state index contributed by atoms with van der Waals surface area (Å²) < 4.78 is 0. The minimum absolute atomic E-state index is 0. The average Bonchev–Trinajstić information content (AvgIpc) is 2.31. The molecule has 0 unspecified atom stereocenters. The molecule has 1 aliphatic heterocycles. The van der Waals surface area contributed by atoms with Gasteiger partial charge in [0.05, 0.1) is 5.69 Å². The summed E-state index contributed by atoms with van der Waals surface area (Å²) in [5.41, 5.74) is 1.77. The van der Waals surface area contributed by atoms with Gasteiger partial charge in [-0.05, 0) is 30.9 Å². The fraction of sp³-hybridized carbons (Fsp3) is 0.300. The van der Waals surface area contributed by atoms with E-state index in [1.54, 1.807) is 6.07 Å². The van der Waals surface area contributed by atoms with Gasteiger partial charge in [0.1, 0.15) is 0 Å². The van der Waals surface area contributed by atoms with Crippen molar-refractivity contribution in [3.05, 3.63) is 17.7 Å². The predicted molar refractivity (Wildman–Crippen MR) is 61.2 cm³/mol. The van der Waals surface area contributed by atoms with Gasteiger partial charge >= 0.3 is 0 Å². The van der Waals surface area contributed by atoms with Crippen LogP contribution < -0.4 is 0 Å². The zero-order chi connectivity index (χ0) is 9.26. The number of phenolic OH excluding ortho intramolecular Hbond substituents is 2. The monoisotopic (exact) mass is 257 g/mol. The number of benzene rings is 1. The zero-order valence-electron chi connectivity index (χ0n) is 7.60. The lowest BCUT2D eigenvalue weighted by Gasteiger charge is -2.04. The minimum atomic E-state index is -0.0993. The Balaban J connectivity index is 0.000000980. The molecule has 0 aromatic heterocycles. The lowest BCUT2D eigenvalue weighted by Crippen LogP contribution is -1.83. The highest BCUT2D eigenvalue weighted by atomic mass is 79.9. The number of phenols is 2. The molecule has 2 N–H and O–H groups in total. The number of hydrogen-bond acceptors (Lipinski definition) is 3. The van der Waals surface area contributed by atoms with Gasteiger partial charge in [-0.2, -0.15) is 0 Å². The molecule has 76 valence electrons. The Morgan fingerprint density at radius 2 is 1.86 bits per heavy atom. The van der Waals surface area contributed by atoms with Crippen molar-refractivity contribution in [2.45, 2.75) is 19.3 Å². The minimum Gasteiger partial charge on any atom is -0.504 e. The van der Waals surface area contributed by atoms with Crippen LogP contribution in [-0.4, -0.2) is 16.4 Å². The number of halogens is 1. The van der Waals surface area contributed by atoms with E-state index in [-0.39, 0.29) is 28.5 Å². The highest BCUT2D eigenvalue weighted by molar-refractivity contribution is 8.93. The maximum absolute atomic E-state index is 9.27. The summed E-state index contributed by atoms with van der Waals surface area (Å²) in [5.74, 6) is -0.159. The molecule has 2 rings (SSSR count). The Morgan fingerprint density at radius 1 is 1.14 bits per heavy atom. The molecular formula is C10H12BrNO2. The normalized spacial score (nSPS) is 14.0. The zero-order valence-corrected chi connectivity index (χ0v) is 9.32. The molecule has 0 atom stereocenters. The topological polar surface area (TPSA) is 52.8 Å². The number of rotatable bonds is 0. The van der Waals surface area contributed by atoms with Crippen LogP contribution in [0.15, 0.2) is 17.1 Å². The van der Waals surface area contributed by atoms with Crippen LogP contribution in [0.2, 0.25) is 0 Å². The molecule has 0 radical (unpaired) electrons. The van der Waals surface area contributed by atoms with Crippen molar-refractivity contribution in [2.75, 3.05) is 0 Å². The van der Waals surface area contributed by atoms with Crippen LogP contribution in [0.25, 0.3) is 0 Å². The van der Waals surface area contributed by atoms with Crippen LogP contribution in [-0.2, 0) is 6.42 Å². The standard InChI is InChI=1S/C10H11NO2.BrH/c12-9-5-7-3-1-2-4-11-8(7)6-10(9)13;/h4-6,12-13H,1-3H2;1H. The summed E-state index contributed by atoms with van der Waals surface area (Å²) in [4.78, 5) is 4.19. The van der Waals surface area contributed by atoms with E-state index in [9.17, 15) is 10.2 Å². The molecule has 0 aliphatic carbocycles. The molecule has 1 heterocycles. The van der Waals surface area contributed by atoms with Crippen molar-refractivity contribution in [3.8, 4) is 11.5 Å². The molecule has 4 heteroatoms. The first-order valence-corrected chi connectivity index (χ1v) is 4.35. The van der Waals surface area contributed by atoms with E-state index in [1.165, 1.54) is 6.07 Å². The van der Waals surface area contributed by atoms with E-state index < -0.39 is 0 Å². The summed E-state index contributed by atoms with van der Waals surface area (Å²) in [5, 5.41) is 18.5. The third kappa shape index (κ3) is 2.07. The molecule has 1 aromatic rings. The van der Waals surface area contributed by atoms with E-state index in [0.717, 1.165) is 30.5 Å². The van der Waals surface area contributed by atoms with Gasteiger partial charge in [-0.3, -0.25) is 4.99 Å². The lowest BCUT2D eigenvalue weighted by atomic mass is 10.1. The van der Waals surface area contributed by atoms with Crippen molar-refractivity contribution in [1.82, 2.24) is 0 Å². The molecule has 0 amide bonds. The summed E-state index contributed by atoms with van der Waals surface area (Å²) in [6.45, 7) is 0. The molecule has 14 heavy (non-hydrogen) atoms. The smallest absolute Gasteiger partial charge is 0.159 e. The summed E-state index contributed by atoms with van der Waals surface area (Å²) in [6, 6.07) is 3.10. The lowest BCUT2D eigenvalue weighted by molar-refractivity contribution is 0.403. The molecule has 3 nitrogen and oxygen atoms in total. The average molecular weight is 258 g/mol. The van der Waals surface area contributed by atoms with Gasteiger partial charge in [0.2, 0.25) is 0 Å². The van der Waals surface area contributed by atoms with E-state index >= 15 is 0 Å². The largest absolute Gasteiger partial charge is 0.504 e. The second kappa shape index (κ2) is 4.46. The first-order chi connectivity index (χ1) is 6.27. The van der Waals surface area contributed by atoms with Gasteiger partial charge in [-0.15, -0.1) is 17.0 Å². The Morgan fingerprint density at radius 3 is 2.64 bits per heavy atom. The van der Waals surface area contributed by atoms with Gasteiger partial charge in [-0.1, -0.05) is 0 Å². The number of hydrogen-bond donors (Lipinski definition) is 2. The van der Waals surface area contributed by atoms with E-state index in [4.69, 9.17) is 0 Å². The van der Waals surface area contributed by atoms with Gasteiger partial charge < -0.3 is 10.2 Å². The Bertz CT molecular complexity index is 363. The molecular weight excluding hydrogens is 246 g/mol. The Labute approximate surface area is 92.9 Å². The fourth-order valence-electron chi connectivity index (χ4n) is 1.48. The molecule has 0 saturated heterocycles. The van der Waals surface area contributed by atoms with Crippen molar-refractivity contribution < 1.29 is 10.2 Å². The number of nitrogens with zero attached hydrogens (tertiary/aromatic N) is 1. The van der Waals surface area contributed by atoms with E-state index in [2.05, 4.69) is 4.99 Å². The first kappa shape index (κ1) is 11.0. The number of aryl methyl sites for hydroxylation is 1. The SMILES string of the molecule is Br.Oc1cc2c(cc1O)N=CCCC2. The van der Waals surface area contributed by atoms with Crippen molar-refractivity contribution in [3.63, 3.8) is 0 Å². The molecule has 1 aliphatic rings. The van der Waals surface area contributed by atoms with Crippen LogP contribution in [0.3, 0.4) is 0 Å². The number of fused-ring (bicyclic) bond motifs is 1. The second-order valence-electron chi connectivity index (χ2n) is 3.17. The molecule has 0 saturated carbocycles. The third-order valence-electron chi connectivity index (χ3n) is 2.19. The highest BCUT2D eigenvalue weighted by Gasteiger charge is 2.09. The third-order valence-corrected chi connectivity index (χ3v) is 2.19. The maximum atomic E-state index is 9.27. The van der Waals surface area contributed by atoms with Crippen LogP contribution >= 0.6 is 17.0 Å². The second-order valence-corrected chi connectivity index (χ2v) is 3.17. The summed E-state index contributed by atoms with van der Waals surface area (Å²) in [6.07, 6.45) is 4.75. The first-order valence-electron chi connectivity index (χ1n) is 4.35. The van der Waals surface area contributed by atoms with E-state index in [1.807, 2.05) is 6.21 Å². The van der Waals surface area contributed by atoms with E-state index in [0.29, 0.717) is 0 Å². The molecule has 0 spiro atoms. The van der Waals surface area contributed by atoms with Crippen molar-refractivity contribution in [2.24, 2.45) is 4.99 Å².